The van der Waals surface area contributed by atoms with Gasteiger partial charge in [-0.25, -0.2) is 4.79 Å². The van der Waals surface area contributed by atoms with Gasteiger partial charge in [0, 0.05) is 18.4 Å². The molecule has 0 saturated heterocycles. The molecule has 0 spiro atoms. The largest absolute Gasteiger partial charge is 0.469 e. The SMILES string of the molecule is CCCCc1cc(C(CN(C)C)C(=O)OC)cn1C(=O)OC(C)(C)C. The lowest BCUT2D eigenvalue weighted by molar-refractivity contribution is -0.142. The molecule has 0 fully saturated rings. The monoisotopic (exact) mass is 352 g/mol. The van der Waals surface area contributed by atoms with E-state index in [9.17, 15) is 9.59 Å². The molecule has 0 aliphatic heterocycles. The molecule has 6 nitrogen and oxygen atoms in total. The van der Waals surface area contributed by atoms with Crippen molar-refractivity contribution in [2.75, 3.05) is 27.7 Å². The summed E-state index contributed by atoms with van der Waals surface area (Å²) in [6.07, 6.45) is 4.03. The number of carbonyl (C=O) groups is 2. The molecule has 6 heteroatoms. The van der Waals surface area contributed by atoms with Gasteiger partial charge in [0.1, 0.15) is 5.60 Å². The molecule has 0 saturated carbocycles. The number of rotatable bonds is 7. The maximum Gasteiger partial charge on any atom is 0.418 e. The Bertz CT molecular complexity index is 585. The highest BCUT2D eigenvalue weighted by atomic mass is 16.6. The highest BCUT2D eigenvalue weighted by Gasteiger charge is 2.27. The molecule has 0 radical (unpaired) electrons. The Morgan fingerprint density at radius 1 is 1.28 bits per heavy atom. The second-order valence-corrected chi connectivity index (χ2v) is 7.56. The molecule has 25 heavy (non-hydrogen) atoms. The van der Waals surface area contributed by atoms with Crippen LogP contribution in [-0.2, 0) is 20.7 Å². The number of aromatic nitrogens is 1. The molecule has 1 heterocycles. The minimum atomic E-state index is -0.574. The molecule has 142 valence electrons. The van der Waals surface area contributed by atoms with Gasteiger partial charge in [0.05, 0.1) is 13.0 Å². The van der Waals surface area contributed by atoms with E-state index in [-0.39, 0.29) is 5.97 Å². The molecule has 1 aromatic heterocycles. The van der Waals surface area contributed by atoms with Gasteiger partial charge in [0.25, 0.3) is 0 Å². The molecule has 1 atom stereocenters. The normalized spacial score (nSPS) is 13.0. The highest BCUT2D eigenvalue weighted by Crippen LogP contribution is 2.23. The Labute approximate surface area is 151 Å². The quantitative estimate of drug-likeness (QED) is 0.704. The fourth-order valence-corrected chi connectivity index (χ4v) is 2.58. The lowest BCUT2D eigenvalue weighted by Gasteiger charge is -2.20. The molecule has 1 unspecified atom stereocenters. The van der Waals surface area contributed by atoms with Crippen molar-refractivity contribution in [3.63, 3.8) is 0 Å². The molecule has 0 aliphatic rings. The van der Waals surface area contributed by atoms with Crippen LogP contribution in [0.4, 0.5) is 4.79 Å². The van der Waals surface area contributed by atoms with Gasteiger partial charge in [-0.2, -0.15) is 0 Å². The van der Waals surface area contributed by atoms with Crippen LogP contribution >= 0.6 is 0 Å². The topological polar surface area (TPSA) is 60.8 Å². The van der Waals surface area contributed by atoms with Crippen molar-refractivity contribution in [1.82, 2.24) is 9.47 Å². The molecule has 0 amide bonds. The third kappa shape index (κ3) is 6.53. The predicted octanol–water partition coefficient (Wildman–Crippen LogP) is 3.43. The van der Waals surface area contributed by atoms with E-state index in [1.165, 1.54) is 11.7 Å². The number of carbonyl (C=O) groups excluding carboxylic acids is 2. The van der Waals surface area contributed by atoms with Crippen LogP contribution in [0.15, 0.2) is 12.3 Å². The summed E-state index contributed by atoms with van der Waals surface area (Å²) in [5, 5.41) is 0. The Morgan fingerprint density at radius 3 is 2.40 bits per heavy atom. The third-order valence-electron chi connectivity index (χ3n) is 3.73. The molecule has 1 rings (SSSR count). The predicted molar refractivity (Wildman–Crippen MR) is 98.0 cm³/mol. The molecule has 1 aromatic rings. The van der Waals surface area contributed by atoms with Crippen molar-refractivity contribution in [3.05, 3.63) is 23.5 Å². The number of hydrogen-bond donors (Lipinski definition) is 0. The zero-order valence-corrected chi connectivity index (χ0v) is 16.6. The molecular formula is C19H32N2O4. The minimum absolute atomic E-state index is 0.308. The standard InChI is InChI=1S/C19H32N2O4/c1-8-9-10-15-11-14(16(13-20(5)6)17(22)24-7)12-21(15)18(23)25-19(2,3)4/h11-12,16H,8-10,13H2,1-7H3. The first-order chi connectivity index (χ1) is 11.6. The number of unbranched alkanes of at least 4 members (excludes halogenated alkanes) is 1. The number of nitrogens with zero attached hydrogens (tertiary/aromatic N) is 2. The van der Waals surface area contributed by atoms with Crippen molar-refractivity contribution in [2.24, 2.45) is 0 Å². The van der Waals surface area contributed by atoms with E-state index in [1.807, 2.05) is 45.8 Å². The van der Waals surface area contributed by atoms with Gasteiger partial charge in [0.15, 0.2) is 0 Å². The van der Waals surface area contributed by atoms with E-state index in [4.69, 9.17) is 9.47 Å². The fraction of sp³-hybridized carbons (Fsp3) is 0.684. The number of ether oxygens (including phenoxy) is 2. The smallest absolute Gasteiger partial charge is 0.418 e. The average Bonchev–Trinajstić information content (AvgIpc) is 2.92. The van der Waals surface area contributed by atoms with E-state index >= 15 is 0 Å². The lowest BCUT2D eigenvalue weighted by atomic mass is 10.0. The first kappa shape index (κ1) is 21.2. The second-order valence-electron chi connectivity index (χ2n) is 7.56. The Kier molecular flexibility index (Phi) is 7.67. The van der Waals surface area contributed by atoms with E-state index in [2.05, 4.69) is 6.92 Å². The van der Waals surface area contributed by atoms with E-state index in [1.54, 1.807) is 6.20 Å². The van der Waals surface area contributed by atoms with Crippen molar-refractivity contribution >= 4 is 12.1 Å². The molecule has 0 aliphatic carbocycles. The maximum atomic E-state index is 12.6. The van der Waals surface area contributed by atoms with Crippen LogP contribution in [0, 0.1) is 0 Å². The lowest BCUT2D eigenvalue weighted by Crippen LogP contribution is -2.28. The summed E-state index contributed by atoms with van der Waals surface area (Å²) < 4.78 is 12.0. The average molecular weight is 352 g/mol. The van der Waals surface area contributed by atoms with Crippen LogP contribution in [0.25, 0.3) is 0 Å². The summed E-state index contributed by atoms with van der Waals surface area (Å²) in [5.74, 6) is -0.749. The van der Waals surface area contributed by atoms with Crippen LogP contribution in [0.5, 0.6) is 0 Å². The number of likely N-dealkylation sites (N-methyl/N-ethyl adjacent to an activating group) is 1. The van der Waals surface area contributed by atoms with Gasteiger partial charge in [-0.05, 0) is 59.3 Å². The summed E-state index contributed by atoms with van der Waals surface area (Å²) in [7, 11) is 5.19. The Balaban J connectivity index is 3.23. The first-order valence-corrected chi connectivity index (χ1v) is 8.76. The van der Waals surface area contributed by atoms with Crippen LogP contribution in [0.2, 0.25) is 0 Å². The van der Waals surface area contributed by atoms with Crippen LogP contribution < -0.4 is 0 Å². The molecule has 0 aromatic carbocycles. The van der Waals surface area contributed by atoms with Crippen LogP contribution in [0.3, 0.4) is 0 Å². The first-order valence-electron chi connectivity index (χ1n) is 8.76. The summed E-state index contributed by atoms with van der Waals surface area (Å²) in [6.45, 7) is 8.13. The number of aryl methyl sites for hydroxylation is 1. The fourth-order valence-electron chi connectivity index (χ4n) is 2.58. The van der Waals surface area contributed by atoms with Crippen molar-refractivity contribution in [3.8, 4) is 0 Å². The summed E-state index contributed by atoms with van der Waals surface area (Å²) in [5.41, 5.74) is 1.06. The van der Waals surface area contributed by atoms with Gasteiger partial charge < -0.3 is 14.4 Å². The maximum absolute atomic E-state index is 12.6. The van der Waals surface area contributed by atoms with Crippen molar-refractivity contribution in [1.29, 1.82) is 0 Å². The number of hydrogen-bond acceptors (Lipinski definition) is 5. The molecule has 0 N–H and O–H groups in total. The van der Waals surface area contributed by atoms with Crippen molar-refractivity contribution in [2.45, 2.75) is 58.5 Å². The van der Waals surface area contributed by atoms with Gasteiger partial charge in [-0.1, -0.05) is 13.3 Å². The highest BCUT2D eigenvalue weighted by molar-refractivity contribution is 5.79. The van der Waals surface area contributed by atoms with Crippen LogP contribution in [-0.4, -0.2) is 54.9 Å². The van der Waals surface area contributed by atoms with E-state index in [0.29, 0.717) is 6.54 Å². The number of methoxy groups -OCH3 is 1. The molecule has 0 bridgehead atoms. The van der Waals surface area contributed by atoms with E-state index < -0.39 is 17.6 Å². The van der Waals surface area contributed by atoms with Crippen molar-refractivity contribution < 1.29 is 19.1 Å². The van der Waals surface area contributed by atoms with Gasteiger partial charge in [-0.3, -0.25) is 9.36 Å². The molecular weight excluding hydrogens is 320 g/mol. The van der Waals surface area contributed by atoms with Gasteiger partial charge >= 0.3 is 12.1 Å². The van der Waals surface area contributed by atoms with E-state index in [0.717, 1.165) is 30.5 Å². The zero-order chi connectivity index (χ0) is 19.2. The van der Waals surface area contributed by atoms with Gasteiger partial charge in [-0.15, -0.1) is 0 Å². The summed E-state index contributed by atoms with van der Waals surface area (Å²) in [4.78, 5) is 26.7. The summed E-state index contributed by atoms with van der Waals surface area (Å²) >= 11 is 0. The second kappa shape index (κ2) is 9.04. The van der Waals surface area contributed by atoms with Gasteiger partial charge in [0.2, 0.25) is 0 Å². The minimum Gasteiger partial charge on any atom is -0.469 e. The van der Waals surface area contributed by atoms with Crippen LogP contribution in [0.1, 0.15) is 57.7 Å². The Hall–Kier alpha value is -1.82. The third-order valence-corrected chi connectivity index (χ3v) is 3.73. The summed E-state index contributed by atoms with van der Waals surface area (Å²) in [6, 6.07) is 1.92. The Morgan fingerprint density at radius 2 is 1.92 bits per heavy atom. The zero-order valence-electron chi connectivity index (χ0n) is 16.6. The number of esters is 1.